The van der Waals surface area contributed by atoms with Crippen LogP contribution in [0, 0.1) is 0 Å². The van der Waals surface area contributed by atoms with E-state index in [9.17, 15) is 14.4 Å². The van der Waals surface area contributed by atoms with Gasteiger partial charge in [0.15, 0.2) is 0 Å². The zero-order valence-electron chi connectivity index (χ0n) is 13.9. The Morgan fingerprint density at radius 2 is 1.75 bits per heavy atom. The molecule has 2 rings (SSSR count). The minimum Gasteiger partial charge on any atom is -0.350 e. The number of hydrogen-bond acceptors (Lipinski definition) is 4. The van der Waals surface area contributed by atoms with Crippen LogP contribution >= 0.6 is 0 Å². The van der Waals surface area contributed by atoms with E-state index in [0.717, 1.165) is 4.68 Å². The predicted octanol–water partition coefficient (Wildman–Crippen LogP) is 1.41. The van der Waals surface area contributed by atoms with Gasteiger partial charge in [0.25, 0.3) is 11.5 Å². The fraction of sp³-hybridized carbons (Fsp3) is 0.294. The number of aromatic nitrogens is 2. The maximum atomic E-state index is 12.2. The molecule has 7 heteroatoms. The van der Waals surface area contributed by atoms with Crippen LogP contribution in [0.1, 0.15) is 31.3 Å². The van der Waals surface area contributed by atoms with E-state index in [0.29, 0.717) is 5.69 Å². The average Bonchev–Trinajstić information content (AvgIpc) is 2.48. The van der Waals surface area contributed by atoms with Crippen molar-refractivity contribution in [1.29, 1.82) is 0 Å². The van der Waals surface area contributed by atoms with Gasteiger partial charge in [-0.3, -0.25) is 14.4 Å². The van der Waals surface area contributed by atoms with E-state index < -0.39 is 17.0 Å². The van der Waals surface area contributed by atoms with Crippen LogP contribution in [0.2, 0.25) is 0 Å². The molecule has 1 aromatic carbocycles. The largest absolute Gasteiger partial charge is 0.350 e. The molecule has 0 atom stereocenters. The summed E-state index contributed by atoms with van der Waals surface area (Å²) in [5.74, 6) is -0.802. The summed E-state index contributed by atoms with van der Waals surface area (Å²) in [7, 11) is 0. The van der Waals surface area contributed by atoms with Crippen LogP contribution in [-0.2, 0) is 11.3 Å². The van der Waals surface area contributed by atoms with Gasteiger partial charge in [-0.1, -0.05) is 18.2 Å². The Hall–Kier alpha value is -2.96. The highest BCUT2D eigenvalue weighted by atomic mass is 16.2. The normalized spacial score (nSPS) is 11.0. The minimum absolute atomic E-state index is 0.0574. The van der Waals surface area contributed by atoms with E-state index in [4.69, 9.17) is 0 Å². The van der Waals surface area contributed by atoms with Crippen LogP contribution < -0.4 is 16.2 Å². The second kappa shape index (κ2) is 7.08. The Morgan fingerprint density at radius 1 is 1.08 bits per heavy atom. The van der Waals surface area contributed by atoms with Crippen LogP contribution in [0.25, 0.3) is 0 Å². The van der Waals surface area contributed by atoms with Gasteiger partial charge in [0.05, 0.1) is 0 Å². The number of amides is 2. The Morgan fingerprint density at radius 3 is 2.38 bits per heavy atom. The van der Waals surface area contributed by atoms with Crippen molar-refractivity contribution >= 4 is 17.5 Å². The van der Waals surface area contributed by atoms with Crippen LogP contribution in [0.15, 0.2) is 47.3 Å². The first-order valence-corrected chi connectivity index (χ1v) is 7.50. The van der Waals surface area contributed by atoms with Crippen LogP contribution in [0.4, 0.5) is 5.69 Å². The van der Waals surface area contributed by atoms with Gasteiger partial charge in [-0.2, -0.15) is 5.10 Å². The molecule has 0 saturated carbocycles. The summed E-state index contributed by atoms with van der Waals surface area (Å²) < 4.78 is 0.973. The number of benzene rings is 1. The molecule has 0 aliphatic carbocycles. The van der Waals surface area contributed by atoms with Crippen LogP contribution in [0.5, 0.6) is 0 Å². The highest BCUT2D eigenvalue weighted by Gasteiger charge is 2.16. The van der Waals surface area contributed by atoms with Gasteiger partial charge in [-0.05, 0) is 39.0 Å². The maximum Gasteiger partial charge on any atom is 0.276 e. The number of nitrogens with zero attached hydrogens (tertiary/aromatic N) is 2. The van der Waals surface area contributed by atoms with Gasteiger partial charge in [-0.25, -0.2) is 4.68 Å². The number of hydrogen-bond donors (Lipinski definition) is 2. The first-order valence-electron chi connectivity index (χ1n) is 7.50. The second-order valence-electron chi connectivity index (χ2n) is 6.33. The van der Waals surface area contributed by atoms with Crippen molar-refractivity contribution in [3.05, 3.63) is 58.5 Å². The standard InChI is InChI=1S/C17H20N4O3/c1-17(2,3)19-14(22)11-21-15(23)10-9-13(20-21)16(24)18-12-7-5-4-6-8-12/h4-10H,11H2,1-3H3,(H,18,24)(H,19,22). The van der Waals surface area contributed by atoms with E-state index in [2.05, 4.69) is 15.7 Å². The quantitative estimate of drug-likeness (QED) is 0.887. The molecule has 0 fully saturated rings. The number of anilines is 1. The van der Waals surface area contributed by atoms with Crippen molar-refractivity contribution in [2.45, 2.75) is 32.9 Å². The molecule has 1 aromatic heterocycles. The lowest BCUT2D eigenvalue weighted by molar-refractivity contribution is -0.123. The molecule has 2 aromatic rings. The number of para-hydroxylation sites is 1. The summed E-state index contributed by atoms with van der Waals surface area (Å²) in [6.07, 6.45) is 0. The van der Waals surface area contributed by atoms with Gasteiger partial charge in [0.2, 0.25) is 5.91 Å². The Labute approximate surface area is 139 Å². The summed E-state index contributed by atoms with van der Waals surface area (Å²) in [5, 5.41) is 9.39. The van der Waals surface area contributed by atoms with Crippen molar-refractivity contribution in [2.75, 3.05) is 5.32 Å². The lowest BCUT2D eigenvalue weighted by Gasteiger charge is -2.20. The molecule has 24 heavy (non-hydrogen) atoms. The molecule has 0 aliphatic heterocycles. The molecule has 7 nitrogen and oxygen atoms in total. The molecule has 2 N–H and O–H groups in total. The summed E-state index contributed by atoms with van der Waals surface area (Å²) in [6, 6.07) is 11.5. The van der Waals surface area contributed by atoms with E-state index in [1.54, 1.807) is 24.3 Å². The highest BCUT2D eigenvalue weighted by molar-refractivity contribution is 6.02. The highest BCUT2D eigenvalue weighted by Crippen LogP contribution is 2.06. The van der Waals surface area contributed by atoms with Gasteiger partial charge < -0.3 is 10.6 Å². The van der Waals surface area contributed by atoms with Gasteiger partial charge in [0, 0.05) is 17.3 Å². The van der Waals surface area contributed by atoms with Crippen LogP contribution in [0.3, 0.4) is 0 Å². The molecule has 2 amide bonds. The molecule has 1 heterocycles. The number of carbonyl (C=O) groups is 2. The third kappa shape index (κ3) is 5.05. The summed E-state index contributed by atoms with van der Waals surface area (Å²) >= 11 is 0. The lowest BCUT2D eigenvalue weighted by Crippen LogP contribution is -2.44. The molecular formula is C17H20N4O3. The minimum atomic E-state index is -0.453. The molecule has 0 spiro atoms. The Kier molecular flexibility index (Phi) is 5.13. The van der Waals surface area contributed by atoms with Crippen molar-refractivity contribution in [2.24, 2.45) is 0 Å². The summed E-state index contributed by atoms with van der Waals surface area (Å²) in [5.41, 5.74) is -0.187. The number of nitrogens with one attached hydrogen (secondary N) is 2. The van der Waals surface area contributed by atoms with Crippen molar-refractivity contribution in [1.82, 2.24) is 15.1 Å². The SMILES string of the molecule is CC(C)(C)NC(=O)Cn1nc(C(=O)Nc2ccccc2)ccc1=O. The fourth-order valence-electron chi connectivity index (χ4n) is 1.99. The second-order valence-corrected chi connectivity index (χ2v) is 6.33. The zero-order valence-corrected chi connectivity index (χ0v) is 13.9. The molecule has 0 unspecified atom stereocenters. The first kappa shape index (κ1) is 17.4. The Bertz CT molecular complexity index is 791. The molecule has 0 bridgehead atoms. The first-order chi connectivity index (χ1) is 11.2. The summed E-state index contributed by atoms with van der Waals surface area (Å²) in [6.45, 7) is 5.27. The van der Waals surface area contributed by atoms with E-state index >= 15 is 0 Å². The molecule has 0 radical (unpaired) electrons. The van der Waals surface area contributed by atoms with E-state index in [1.165, 1.54) is 12.1 Å². The van der Waals surface area contributed by atoms with E-state index in [-0.39, 0.29) is 18.1 Å². The predicted molar refractivity (Wildman–Crippen MR) is 90.8 cm³/mol. The molecule has 126 valence electrons. The zero-order chi connectivity index (χ0) is 17.7. The topological polar surface area (TPSA) is 93.1 Å². The van der Waals surface area contributed by atoms with Gasteiger partial charge in [0.1, 0.15) is 12.2 Å². The van der Waals surface area contributed by atoms with Gasteiger partial charge >= 0.3 is 0 Å². The average molecular weight is 328 g/mol. The van der Waals surface area contributed by atoms with E-state index in [1.807, 2.05) is 26.8 Å². The fourth-order valence-corrected chi connectivity index (χ4v) is 1.99. The number of rotatable bonds is 4. The maximum absolute atomic E-state index is 12.2. The molecular weight excluding hydrogens is 308 g/mol. The van der Waals surface area contributed by atoms with Crippen LogP contribution in [-0.4, -0.2) is 27.1 Å². The lowest BCUT2D eigenvalue weighted by atomic mass is 10.1. The molecule has 0 saturated heterocycles. The smallest absolute Gasteiger partial charge is 0.276 e. The Balaban J connectivity index is 2.14. The third-order valence-electron chi connectivity index (χ3n) is 2.94. The monoisotopic (exact) mass is 328 g/mol. The van der Waals surface area contributed by atoms with Crippen molar-refractivity contribution in [3.8, 4) is 0 Å². The molecule has 0 aliphatic rings. The van der Waals surface area contributed by atoms with Crippen molar-refractivity contribution < 1.29 is 9.59 Å². The number of carbonyl (C=O) groups excluding carboxylic acids is 2. The summed E-state index contributed by atoms with van der Waals surface area (Å²) in [4.78, 5) is 36.0. The van der Waals surface area contributed by atoms with Gasteiger partial charge in [-0.15, -0.1) is 0 Å². The van der Waals surface area contributed by atoms with Crippen molar-refractivity contribution in [3.63, 3.8) is 0 Å². The third-order valence-corrected chi connectivity index (χ3v) is 2.94.